The Morgan fingerprint density at radius 3 is 2.36 bits per heavy atom. The Morgan fingerprint density at radius 2 is 1.67 bits per heavy atom. The smallest absolute Gasteiger partial charge is 0.262 e. The van der Waals surface area contributed by atoms with E-state index < -0.39 is 0 Å². The van der Waals surface area contributed by atoms with Crippen molar-refractivity contribution in [1.29, 1.82) is 0 Å². The summed E-state index contributed by atoms with van der Waals surface area (Å²) in [6, 6.07) is 18.4. The molecule has 36 heavy (non-hydrogen) atoms. The van der Waals surface area contributed by atoms with E-state index in [9.17, 15) is 14.4 Å². The van der Waals surface area contributed by atoms with Crippen LogP contribution in [-0.2, 0) is 4.79 Å². The van der Waals surface area contributed by atoms with Gasteiger partial charge in [0.05, 0.1) is 12.0 Å². The molecule has 8 nitrogen and oxygen atoms in total. The van der Waals surface area contributed by atoms with Crippen LogP contribution in [0.1, 0.15) is 30.0 Å². The summed E-state index contributed by atoms with van der Waals surface area (Å²) in [6.07, 6.45) is 0. The van der Waals surface area contributed by atoms with Crippen LogP contribution < -0.4 is 25.0 Å². The molecule has 3 aromatic carbocycles. The van der Waals surface area contributed by atoms with Crippen LogP contribution in [0, 0.1) is 6.92 Å². The van der Waals surface area contributed by atoms with E-state index in [0.717, 1.165) is 0 Å². The average molecular weight is 488 g/mol. The molecule has 0 saturated heterocycles. The topological polar surface area (TPSA) is 104 Å². The van der Waals surface area contributed by atoms with Gasteiger partial charge in [-0.15, -0.1) is 0 Å². The van der Waals surface area contributed by atoms with E-state index in [-0.39, 0.29) is 29.5 Å². The van der Waals surface area contributed by atoms with Crippen molar-refractivity contribution in [3.63, 3.8) is 0 Å². The first-order valence-corrected chi connectivity index (χ1v) is 11.4. The molecular formula is C28H25NO7. The van der Waals surface area contributed by atoms with Crippen molar-refractivity contribution in [2.45, 2.75) is 20.8 Å². The Morgan fingerprint density at radius 1 is 0.944 bits per heavy atom. The summed E-state index contributed by atoms with van der Waals surface area (Å²) in [5, 5.41) is 3.01. The lowest BCUT2D eigenvalue weighted by Crippen LogP contribution is -2.20. The van der Waals surface area contributed by atoms with Gasteiger partial charge in [0.25, 0.3) is 5.91 Å². The quantitative estimate of drug-likeness (QED) is 0.310. The number of ketones is 1. The molecule has 0 saturated carbocycles. The van der Waals surface area contributed by atoms with Crippen LogP contribution in [0.25, 0.3) is 11.0 Å². The second-order valence-corrected chi connectivity index (χ2v) is 7.93. The average Bonchev–Trinajstić information content (AvgIpc) is 2.86. The number of anilines is 1. The molecule has 0 aliphatic rings. The summed E-state index contributed by atoms with van der Waals surface area (Å²) < 4.78 is 22.9. The minimum Gasteiger partial charge on any atom is -0.490 e. The molecule has 0 aliphatic carbocycles. The second-order valence-electron chi connectivity index (χ2n) is 7.93. The number of hydrogen-bond donors (Lipinski definition) is 1. The number of fused-ring (bicyclic) bond motifs is 1. The van der Waals surface area contributed by atoms with Gasteiger partial charge in [-0.1, -0.05) is 12.1 Å². The van der Waals surface area contributed by atoms with Gasteiger partial charge < -0.3 is 23.9 Å². The lowest BCUT2D eigenvalue weighted by atomic mass is 10.1. The van der Waals surface area contributed by atoms with Crippen LogP contribution in [0.5, 0.6) is 23.0 Å². The molecule has 184 valence electrons. The van der Waals surface area contributed by atoms with Crippen molar-refractivity contribution >= 4 is 28.3 Å². The zero-order valence-electron chi connectivity index (χ0n) is 20.1. The molecule has 8 heteroatoms. The second kappa shape index (κ2) is 10.8. The van der Waals surface area contributed by atoms with Gasteiger partial charge in [0.1, 0.15) is 17.1 Å². The zero-order chi connectivity index (χ0) is 25.7. The third-order valence-electron chi connectivity index (χ3n) is 5.29. The van der Waals surface area contributed by atoms with E-state index in [2.05, 4.69) is 5.32 Å². The Labute approximate surface area is 207 Å². The molecule has 4 aromatic rings. The maximum absolute atomic E-state index is 13.1. The van der Waals surface area contributed by atoms with Crippen LogP contribution >= 0.6 is 0 Å². The monoisotopic (exact) mass is 487 g/mol. The highest BCUT2D eigenvalue weighted by molar-refractivity contribution is 5.96. The number of hydrogen-bond acceptors (Lipinski definition) is 7. The Bertz CT molecular complexity index is 1470. The van der Waals surface area contributed by atoms with Crippen molar-refractivity contribution in [2.75, 3.05) is 18.5 Å². The van der Waals surface area contributed by atoms with E-state index in [1.54, 1.807) is 67.6 Å². The van der Waals surface area contributed by atoms with E-state index in [0.29, 0.717) is 51.8 Å². The molecule has 1 N–H and O–H groups in total. The van der Waals surface area contributed by atoms with Crippen molar-refractivity contribution in [3.05, 3.63) is 88.3 Å². The molecular weight excluding hydrogens is 462 g/mol. The normalized spacial score (nSPS) is 10.6. The molecule has 4 rings (SSSR count). The highest BCUT2D eigenvalue weighted by Gasteiger charge is 2.17. The van der Waals surface area contributed by atoms with Crippen LogP contribution in [0.4, 0.5) is 5.69 Å². The van der Waals surface area contributed by atoms with Gasteiger partial charge in [-0.05, 0) is 69.3 Å². The number of rotatable bonds is 9. The van der Waals surface area contributed by atoms with Crippen molar-refractivity contribution in [2.24, 2.45) is 0 Å². The molecule has 0 atom stereocenters. The maximum atomic E-state index is 13.1. The number of carbonyl (C=O) groups is 2. The Kier molecular flexibility index (Phi) is 7.34. The predicted molar refractivity (Wildman–Crippen MR) is 135 cm³/mol. The number of aryl methyl sites for hydroxylation is 1. The first-order valence-electron chi connectivity index (χ1n) is 11.4. The van der Waals surface area contributed by atoms with Crippen molar-refractivity contribution in [1.82, 2.24) is 0 Å². The molecule has 1 heterocycles. The molecule has 0 fully saturated rings. The predicted octanol–water partition coefficient (Wildman–Crippen LogP) is 5.51. The maximum Gasteiger partial charge on any atom is 0.262 e. The number of para-hydroxylation sites is 2. The Balaban J connectivity index is 1.47. The third kappa shape index (κ3) is 5.55. The number of nitrogens with one attached hydrogen (secondary N) is 1. The lowest BCUT2D eigenvalue weighted by molar-refractivity contribution is -0.118. The molecule has 0 unspecified atom stereocenters. The summed E-state index contributed by atoms with van der Waals surface area (Å²) in [5.74, 6) is 1.24. The molecule has 0 radical (unpaired) electrons. The van der Waals surface area contributed by atoms with E-state index in [4.69, 9.17) is 18.6 Å². The largest absolute Gasteiger partial charge is 0.490 e. The highest BCUT2D eigenvalue weighted by atomic mass is 16.5. The summed E-state index contributed by atoms with van der Waals surface area (Å²) in [7, 11) is 0. The van der Waals surface area contributed by atoms with E-state index in [1.807, 2.05) is 13.0 Å². The summed E-state index contributed by atoms with van der Waals surface area (Å²) in [6.45, 7) is 5.18. The first kappa shape index (κ1) is 24.5. The van der Waals surface area contributed by atoms with Gasteiger partial charge in [0.2, 0.25) is 11.2 Å². The minimum atomic E-state index is -0.375. The summed E-state index contributed by atoms with van der Waals surface area (Å²) in [4.78, 5) is 36.7. The lowest BCUT2D eigenvalue weighted by Gasteiger charge is -2.13. The molecule has 0 aliphatic heterocycles. The van der Waals surface area contributed by atoms with Crippen LogP contribution in [0.2, 0.25) is 0 Å². The van der Waals surface area contributed by atoms with Crippen LogP contribution in [0.15, 0.2) is 75.9 Å². The molecule has 1 amide bonds. The minimum absolute atomic E-state index is 0.0524. The fourth-order valence-electron chi connectivity index (χ4n) is 3.53. The SMILES string of the molecule is CCOc1ccccc1Oc1c(C)oc2cc(OCC(=O)Nc3ccc(C(C)=O)cc3)ccc2c1=O. The van der Waals surface area contributed by atoms with E-state index in [1.165, 1.54) is 6.92 Å². The van der Waals surface area contributed by atoms with Crippen LogP contribution in [-0.4, -0.2) is 24.9 Å². The van der Waals surface area contributed by atoms with Crippen LogP contribution in [0.3, 0.4) is 0 Å². The van der Waals surface area contributed by atoms with Crippen molar-refractivity contribution in [3.8, 4) is 23.0 Å². The zero-order valence-corrected chi connectivity index (χ0v) is 20.1. The summed E-state index contributed by atoms with van der Waals surface area (Å²) >= 11 is 0. The van der Waals surface area contributed by atoms with Crippen molar-refractivity contribution < 1.29 is 28.2 Å². The fraction of sp³-hybridized carbons (Fsp3) is 0.179. The van der Waals surface area contributed by atoms with Gasteiger partial charge in [0.15, 0.2) is 23.9 Å². The van der Waals surface area contributed by atoms with Gasteiger partial charge >= 0.3 is 0 Å². The van der Waals surface area contributed by atoms with Gasteiger partial charge in [-0.2, -0.15) is 0 Å². The van der Waals surface area contributed by atoms with Gasteiger partial charge in [-0.25, -0.2) is 0 Å². The number of benzene rings is 3. The van der Waals surface area contributed by atoms with E-state index >= 15 is 0 Å². The molecule has 1 aromatic heterocycles. The number of amides is 1. The number of carbonyl (C=O) groups excluding carboxylic acids is 2. The molecule has 0 bridgehead atoms. The highest BCUT2D eigenvalue weighted by Crippen LogP contribution is 2.33. The Hall–Kier alpha value is -4.59. The molecule has 0 spiro atoms. The summed E-state index contributed by atoms with van der Waals surface area (Å²) in [5.41, 5.74) is 1.08. The number of ether oxygens (including phenoxy) is 3. The third-order valence-corrected chi connectivity index (χ3v) is 5.29. The van der Waals surface area contributed by atoms with Gasteiger partial charge in [-0.3, -0.25) is 14.4 Å². The first-order chi connectivity index (χ1) is 17.4. The standard InChI is InChI=1S/C28H25NO7/c1-4-33-23-7-5-6-8-24(23)36-28-18(3)35-25-15-21(13-14-22(25)27(28)32)34-16-26(31)29-20-11-9-19(10-12-20)17(2)30/h5-15H,4,16H2,1-3H3,(H,29,31). The fourth-order valence-corrected chi connectivity index (χ4v) is 3.53. The number of Topliss-reactive ketones (excluding diaryl/α,β-unsaturated/α-hetero) is 1. The van der Waals surface area contributed by atoms with Gasteiger partial charge in [0, 0.05) is 17.3 Å².